The number of hydrogen-bond acceptors (Lipinski definition) is 5. The molecule has 0 aliphatic heterocycles. The number of allylic oxidation sites excluding steroid dienone is 1. The van der Waals surface area contributed by atoms with Crippen molar-refractivity contribution in [1.29, 1.82) is 0 Å². The maximum atomic E-state index is 10.9. The average Bonchev–Trinajstić information content (AvgIpc) is 2.60. The highest BCUT2D eigenvalue weighted by molar-refractivity contribution is 7.55. The second kappa shape index (κ2) is 3.92. The van der Waals surface area contributed by atoms with Crippen LogP contribution in [0.25, 0.3) is 16.9 Å². The van der Waals surface area contributed by atoms with Crippen molar-refractivity contribution in [3.8, 4) is 0 Å². The molecule has 0 bridgehead atoms. The number of rotatable bonds is 2. The minimum atomic E-state index is -4.24. The van der Waals surface area contributed by atoms with Gasteiger partial charge < -0.3 is 15.5 Å². The van der Waals surface area contributed by atoms with E-state index in [4.69, 9.17) is 15.5 Å². The smallest absolute Gasteiger partial charge is 0.350 e. The zero-order chi connectivity index (χ0) is 12.6. The molecule has 2 rings (SSSR count). The van der Waals surface area contributed by atoms with Gasteiger partial charge in [0.15, 0.2) is 17.0 Å². The molecule has 0 spiro atoms. The van der Waals surface area contributed by atoms with Crippen LogP contribution in [0, 0.1) is 0 Å². The monoisotopic (exact) mass is 255 g/mol. The van der Waals surface area contributed by atoms with Crippen LogP contribution < -0.4 is 5.73 Å². The normalized spacial score (nSPS) is 13.2. The van der Waals surface area contributed by atoms with Crippen LogP contribution in [0.2, 0.25) is 0 Å². The minimum Gasteiger partial charge on any atom is -0.382 e. The maximum absolute atomic E-state index is 10.9. The SMILES string of the molecule is C/C(=C\P(=O)(O)O)n1cnc2c(N)ncnc21. The summed E-state index contributed by atoms with van der Waals surface area (Å²) in [5.74, 6) is 1.06. The zero-order valence-electron chi connectivity index (χ0n) is 8.85. The van der Waals surface area contributed by atoms with Crippen molar-refractivity contribution in [3.63, 3.8) is 0 Å². The second-order valence-corrected chi connectivity index (χ2v) is 4.84. The highest BCUT2D eigenvalue weighted by Gasteiger charge is 2.13. The molecule has 0 radical (unpaired) electrons. The molecular formula is C8H10N5O3P. The summed E-state index contributed by atoms with van der Waals surface area (Å²) in [5, 5.41) is 0. The van der Waals surface area contributed by atoms with E-state index in [1.54, 1.807) is 6.92 Å². The summed E-state index contributed by atoms with van der Waals surface area (Å²) in [6, 6.07) is 0. The van der Waals surface area contributed by atoms with Crippen LogP contribution in [0.4, 0.5) is 5.82 Å². The lowest BCUT2D eigenvalue weighted by Gasteiger charge is -2.04. The topological polar surface area (TPSA) is 127 Å². The first-order valence-electron chi connectivity index (χ1n) is 4.57. The Labute approximate surface area is 96.0 Å². The van der Waals surface area contributed by atoms with E-state index < -0.39 is 7.60 Å². The fourth-order valence-electron chi connectivity index (χ4n) is 1.42. The van der Waals surface area contributed by atoms with E-state index >= 15 is 0 Å². The van der Waals surface area contributed by atoms with E-state index in [1.807, 2.05) is 0 Å². The maximum Gasteiger partial charge on any atom is 0.350 e. The van der Waals surface area contributed by atoms with Crippen molar-refractivity contribution in [2.75, 3.05) is 5.73 Å². The number of nitrogens with zero attached hydrogens (tertiary/aromatic N) is 4. The van der Waals surface area contributed by atoms with Crippen LogP contribution in [0.5, 0.6) is 0 Å². The number of nitrogen functional groups attached to an aromatic ring is 1. The van der Waals surface area contributed by atoms with Crippen molar-refractivity contribution >= 4 is 30.3 Å². The van der Waals surface area contributed by atoms with E-state index in [-0.39, 0.29) is 5.82 Å². The summed E-state index contributed by atoms with van der Waals surface area (Å²) in [5.41, 5.74) is 6.71. The van der Waals surface area contributed by atoms with E-state index in [0.29, 0.717) is 16.9 Å². The minimum absolute atomic E-state index is 0.220. The van der Waals surface area contributed by atoms with Crippen LogP contribution in [-0.2, 0) is 4.57 Å². The van der Waals surface area contributed by atoms with Gasteiger partial charge in [0.1, 0.15) is 12.7 Å². The molecule has 17 heavy (non-hydrogen) atoms. The van der Waals surface area contributed by atoms with Crippen molar-refractivity contribution in [1.82, 2.24) is 19.5 Å². The third-order valence-electron chi connectivity index (χ3n) is 2.10. The molecule has 0 saturated heterocycles. The summed E-state index contributed by atoms with van der Waals surface area (Å²) in [6.45, 7) is 1.54. The molecule has 0 unspecified atom stereocenters. The molecule has 0 fully saturated rings. The molecule has 2 heterocycles. The third kappa shape index (κ3) is 2.33. The molecular weight excluding hydrogens is 245 g/mol. The Bertz CT molecular complexity index is 644. The second-order valence-electron chi connectivity index (χ2n) is 3.41. The molecule has 0 amide bonds. The van der Waals surface area contributed by atoms with Gasteiger partial charge in [0.05, 0.1) is 0 Å². The average molecular weight is 255 g/mol. The summed E-state index contributed by atoms with van der Waals surface area (Å²) < 4.78 is 12.3. The van der Waals surface area contributed by atoms with Gasteiger partial charge in [-0.1, -0.05) is 0 Å². The summed E-state index contributed by atoms with van der Waals surface area (Å²) in [6.07, 6.45) is 2.65. The molecule has 90 valence electrons. The van der Waals surface area contributed by atoms with Gasteiger partial charge >= 0.3 is 7.60 Å². The molecule has 2 aromatic rings. The standard InChI is InChI=1S/C8H10N5O3P/c1-5(2-17(14,15)16)13-4-12-6-7(9)10-3-11-8(6)13/h2-4H,1H3,(H2,9,10,11)(H2,14,15,16)/b5-2+. The summed E-state index contributed by atoms with van der Waals surface area (Å²) in [7, 11) is -4.24. The first kappa shape index (κ1) is 11.7. The number of aromatic nitrogens is 4. The van der Waals surface area contributed by atoms with Crippen LogP contribution in [0.1, 0.15) is 6.92 Å². The highest BCUT2D eigenvalue weighted by Crippen LogP contribution is 2.38. The predicted molar refractivity (Wildman–Crippen MR) is 61.7 cm³/mol. The lowest BCUT2D eigenvalue weighted by Crippen LogP contribution is -1.96. The Hall–Kier alpha value is -1.76. The molecule has 0 saturated carbocycles. The molecule has 4 N–H and O–H groups in total. The highest BCUT2D eigenvalue weighted by atomic mass is 31.2. The molecule has 0 atom stereocenters. The fraction of sp³-hybridized carbons (Fsp3) is 0.125. The van der Waals surface area contributed by atoms with E-state index in [0.717, 1.165) is 5.82 Å². The number of fused-ring (bicyclic) bond motifs is 1. The fourth-order valence-corrected chi connectivity index (χ4v) is 2.03. The summed E-state index contributed by atoms with van der Waals surface area (Å²) in [4.78, 5) is 29.4. The lowest BCUT2D eigenvalue weighted by molar-refractivity contribution is 0.386. The number of hydrogen-bond donors (Lipinski definition) is 3. The Morgan fingerprint density at radius 2 is 2.18 bits per heavy atom. The Balaban J connectivity index is 2.62. The van der Waals surface area contributed by atoms with Gasteiger partial charge in [0.2, 0.25) is 0 Å². The largest absolute Gasteiger partial charge is 0.382 e. The Morgan fingerprint density at radius 3 is 2.82 bits per heavy atom. The van der Waals surface area contributed by atoms with Crippen LogP contribution in [0.3, 0.4) is 0 Å². The first-order chi connectivity index (χ1) is 7.88. The van der Waals surface area contributed by atoms with E-state index in [9.17, 15) is 4.57 Å². The Kier molecular flexibility index (Phi) is 2.70. The number of imidazole rings is 1. The number of anilines is 1. The first-order valence-corrected chi connectivity index (χ1v) is 6.25. The van der Waals surface area contributed by atoms with Crippen molar-refractivity contribution < 1.29 is 14.4 Å². The van der Waals surface area contributed by atoms with E-state index in [2.05, 4.69) is 15.0 Å². The predicted octanol–water partition coefficient (Wildman–Crippen LogP) is 0.404. The molecule has 8 nitrogen and oxygen atoms in total. The molecule has 0 aliphatic carbocycles. The van der Waals surface area contributed by atoms with E-state index in [1.165, 1.54) is 17.2 Å². The van der Waals surface area contributed by atoms with Gasteiger partial charge in [-0.2, -0.15) is 0 Å². The van der Waals surface area contributed by atoms with Crippen LogP contribution >= 0.6 is 7.60 Å². The van der Waals surface area contributed by atoms with Gasteiger partial charge in [-0.3, -0.25) is 9.13 Å². The van der Waals surface area contributed by atoms with Gasteiger partial charge in [-0.25, -0.2) is 15.0 Å². The van der Waals surface area contributed by atoms with Crippen molar-refractivity contribution in [2.24, 2.45) is 0 Å². The van der Waals surface area contributed by atoms with Gasteiger partial charge in [0.25, 0.3) is 0 Å². The quantitative estimate of drug-likeness (QED) is 0.663. The van der Waals surface area contributed by atoms with Crippen molar-refractivity contribution in [3.05, 3.63) is 18.5 Å². The summed E-state index contributed by atoms with van der Waals surface area (Å²) >= 11 is 0. The molecule has 0 aromatic carbocycles. The van der Waals surface area contributed by atoms with Crippen LogP contribution in [0.15, 0.2) is 18.5 Å². The lowest BCUT2D eigenvalue weighted by atomic mass is 10.5. The van der Waals surface area contributed by atoms with Gasteiger partial charge in [0, 0.05) is 11.5 Å². The Morgan fingerprint density at radius 1 is 1.47 bits per heavy atom. The number of nitrogens with two attached hydrogens (primary N) is 1. The van der Waals surface area contributed by atoms with Gasteiger partial charge in [-0.05, 0) is 6.92 Å². The molecule has 9 heteroatoms. The molecule has 2 aromatic heterocycles. The molecule has 0 aliphatic rings. The zero-order valence-corrected chi connectivity index (χ0v) is 9.74. The third-order valence-corrected chi connectivity index (χ3v) is 2.81. The van der Waals surface area contributed by atoms with Gasteiger partial charge in [-0.15, -0.1) is 0 Å². The van der Waals surface area contributed by atoms with Crippen LogP contribution in [-0.4, -0.2) is 29.3 Å². The van der Waals surface area contributed by atoms with Crippen molar-refractivity contribution in [2.45, 2.75) is 6.92 Å².